The Balaban J connectivity index is 2.38. The van der Waals surface area contributed by atoms with Crippen LogP contribution in [0.25, 0.3) is 0 Å². The zero-order valence-electron chi connectivity index (χ0n) is 12.9. The van der Waals surface area contributed by atoms with Gasteiger partial charge in [0.15, 0.2) is 0 Å². The third kappa shape index (κ3) is 3.09. The third-order valence-corrected chi connectivity index (χ3v) is 4.50. The fourth-order valence-electron chi connectivity index (χ4n) is 3.32. The second-order valence-electron chi connectivity index (χ2n) is 5.75. The molecule has 0 amide bonds. The average molecular weight is 293 g/mol. The fraction of sp³-hybridized carbons (Fsp3) is 0.667. The van der Waals surface area contributed by atoms with Crippen molar-refractivity contribution >= 4 is 11.8 Å². The van der Waals surface area contributed by atoms with Crippen molar-refractivity contribution in [2.45, 2.75) is 51.0 Å². The maximum absolute atomic E-state index is 11.3. The number of methoxy groups -OCH3 is 1. The summed E-state index contributed by atoms with van der Waals surface area (Å²) in [5.41, 5.74) is 0.478. The molecule has 0 spiro atoms. The number of carboxylic acid groups (broad SMARTS) is 1. The van der Waals surface area contributed by atoms with Crippen LogP contribution < -0.4 is 9.64 Å². The van der Waals surface area contributed by atoms with Crippen molar-refractivity contribution in [1.82, 2.24) is 9.97 Å². The van der Waals surface area contributed by atoms with E-state index in [1.807, 2.05) is 18.9 Å². The molecule has 1 aromatic heterocycles. The molecule has 0 atom stereocenters. The zero-order valence-corrected chi connectivity index (χ0v) is 12.9. The maximum Gasteiger partial charge on any atom is 0.305 e. The van der Waals surface area contributed by atoms with Gasteiger partial charge in [0.05, 0.1) is 24.6 Å². The Morgan fingerprint density at radius 3 is 2.62 bits per heavy atom. The van der Waals surface area contributed by atoms with Gasteiger partial charge in [0.1, 0.15) is 12.1 Å². The summed E-state index contributed by atoms with van der Waals surface area (Å²) in [6, 6.07) is 0. The minimum atomic E-state index is -0.762. The van der Waals surface area contributed by atoms with Crippen LogP contribution in [0.5, 0.6) is 5.88 Å². The summed E-state index contributed by atoms with van der Waals surface area (Å²) in [7, 11) is 3.51. The van der Waals surface area contributed by atoms with E-state index in [9.17, 15) is 9.90 Å². The molecule has 0 unspecified atom stereocenters. The summed E-state index contributed by atoms with van der Waals surface area (Å²) in [6.45, 7) is 1.90. The van der Waals surface area contributed by atoms with Crippen LogP contribution in [0.4, 0.5) is 5.82 Å². The van der Waals surface area contributed by atoms with Gasteiger partial charge in [-0.25, -0.2) is 9.97 Å². The lowest BCUT2D eigenvalue weighted by molar-refractivity contribution is -0.138. The number of nitrogens with zero attached hydrogens (tertiary/aromatic N) is 3. The quantitative estimate of drug-likeness (QED) is 0.898. The van der Waals surface area contributed by atoms with Crippen LogP contribution in [-0.4, -0.2) is 40.7 Å². The van der Waals surface area contributed by atoms with Crippen LogP contribution >= 0.6 is 0 Å². The average Bonchev–Trinajstić information content (AvgIpc) is 2.47. The molecule has 6 heteroatoms. The molecule has 0 aromatic carbocycles. The molecule has 1 heterocycles. The van der Waals surface area contributed by atoms with Gasteiger partial charge in [-0.15, -0.1) is 0 Å². The van der Waals surface area contributed by atoms with E-state index < -0.39 is 5.97 Å². The van der Waals surface area contributed by atoms with Gasteiger partial charge in [0.25, 0.3) is 0 Å². The van der Waals surface area contributed by atoms with E-state index in [2.05, 4.69) is 9.97 Å². The van der Waals surface area contributed by atoms with E-state index in [-0.39, 0.29) is 12.0 Å². The highest BCUT2D eigenvalue weighted by atomic mass is 16.5. The van der Waals surface area contributed by atoms with Crippen LogP contribution in [0.2, 0.25) is 0 Å². The van der Waals surface area contributed by atoms with E-state index in [0.717, 1.165) is 37.1 Å². The van der Waals surface area contributed by atoms with Crippen LogP contribution in [0.1, 0.15) is 44.1 Å². The van der Waals surface area contributed by atoms with Crippen LogP contribution in [0.3, 0.4) is 0 Å². The lowest BCUT2D eigenvalue weighted by Gasteiger charge is -2.45. The number of hydrogen-bond donors (Lipinski definition) is 1. The van der Waals surface area contributed by atoms with Gasteiger partial charge < -0.3 is 14.7 Å². The molecule has 116 valence electrons. The van der Waals surface area contributed by atoms with Crippen LogP contribution in [-0.2, 0) is 4.79 Å². The Kier molecular flexibility index (Phi) is 4.65. The molecule has 1 fully saturated rings. The molecule has 1 aromatic rings. The standard InChI is InChI=1S/C15H23N3O3/c1-11-13(16-10-17-14(11)21-3)18(2)15(9-12(19)20)7-5-4-6-8-15/h10H,4-9H2,1-3H3,(H,19,20). The highest BCUT2D eigenvalue weighted by Crippen LogP contribution is 2.39. The van der Waals surface area contributed by atoms with Gasteiger partial charge >= 0.3 is 5.97 Å². The molecule has 0 bridgehead atoms. The monoisotopic (exact) mass is 293 g/mol. The predicted molar refractivity (Wildman–Crippen MR) is 79.8 cm³/mol. The molecule has 0 aliphatic heterocycles. The number of aromatic nitrogens is 2. The molecule has 21 heavy (non-hydrogen) atoms. The Labute approximate surface area is 125 Å². The minimum absolute atomic E-state index is 0.134. The summed E-state index contributed by atoms with van der Waals surface area (Å²) in [5, 5.41) is 9.31. The third-order valence-electron chi connectivity index (χ3n) is 4.50. The van der Waals surface area contributed by atoms with E-state index in [4.69, 9.17) is 4.74 Å². The van der Waals surface area contributed by atoms with Crippen molar-refractivity contribution in [2.75, 3.05) is 19.1 Å². The number of ether oxygens (including phenoxy) is 1. The van der Waals surface area contributed by atoms with Crippen molar-refractivity contribution in [2.24, 2.45) is 0 Å². The van der Waals surface area contributed by atoms with E-state index in [1.165, 1.54) is 12.7 Å². The Morgan fingerprint density at radius 1 is 1.38 bits per heavy atom. The molecule has 6 nitrogen and oxygen atoms in total. The number of hydrogen-bond acceptors (Lipinski definition) is 5. The number of rotatable bonds is 5. The van der Waals surface area contributed by atoms with Gasteiger partial charge in [0.2, 0.25) is 5.88 Å². The summed E-state index contributed by atoms with van der Waals surface area (Å²) in [5.74, 6) is 0.528. The lowest BCUT2D eigenvalue weighted by Crippen LogP contribution is -2.50. The predicted octanol–water partition coefficient (Wildman–Crippen LogP) is 2.41. The maximum atomic E-state index is 11.3. The van der Waals surface area contributed by atoms with Gasteiger partial charge in [-0.1, -0.05) is 19.3 Å². The highest BCUT2D eigenvalue weighted by molar-refractivity contribution is 5.70. The van der Waals surface area contributed by atoms with Gasteiger partial charge in [-0.05, 0) is 19.8 Å². The summed E-state index contributed by atoms with van der Waals surface area (Å²) in [6.07, 6.45) is 6.63. The Bertz CT molecular complexity index is 513. The second-order valence-corrected chi connectivity index (χ2v) is 5.75. The number of carboxylic acids is 1. The molecule has 1 aliphatic rings. The zero-order chi connectivity index (χ0) is 15.5. The molecule has 1 saturated carbocycles. The number of aliphatic carboxylic acids is 1. The SMILES string of the molecule is COc1ncnc(N(C)C2(CC(=O)O)CCCCC2)c1C. The van der Waals surface area contributed by atoms with Crippen molar-refractivity contribution in [3.63, 3.8) is 0 Å². The molecular formula is C15H23N3O3. The molecule has 1 N–H and O–H groups in total. The normalized spacial score (nSPS) is 17.3. The van der Waals surface area contributed by atoms with E-state index in [0.29, 0.717) is 5.88 Å². The van der Waals surface area contributed by atoms with Crippen molar-refractivity contribution < 1.29 is 14.6 Å². The first-order valence-electron chi connectivity index (χ1n) is 7.31. The Morgan fingerprint density at radius 2 is 2.05 bits per heavy atom. The molecule has 0 saturated heterocycles. The smallest absolute Gasteiger partial charge is 0.305 e. The van der Waals surface area contributed by atoms with Crippen molar-refractivity contribution in [3.05, 3.63) is 11.9 Å². The lowest BCUT2D eigenvalue weighted by atomic mass is 9.78. The first kappa shape index (κ1) is 15.5. The van der Waals surface area contributed by atoms with E-state index >= 15 is 0 Å². The van der Waals surface area contributed by atoms with Crippen LogP contribution in [0.15, 0.2) is 6.33 Å². The first-order valence-corrected chi connectivity index (χ1v) is 7.31. The summed E-state index contributed by atoms with van der Waals surface area (Å²) < 4.78 is 5.24. The van der Waals surface area contributed by atoms with Crippen molar-refractivity contribution in [1.29, 1.82) is 0 Å². The molecule has 0 radical (unpaired) electrons. The summed E-state index contributed by atoms with van der Waals surface area (Å²) >= 11 is 0. The topological polar surface area (TPSA) is 75.6 Å². The Hall–Kier alpha value is -1.85. The minimum Gasteiger partial charge on any atom is -0.481 e. The van der Waals surface area contributed by atoms with Crippen molar-refractivity contribution in [3.8, 4) is 5.88 Å². The first-order chi connectivity index (χ1) is 10.00. The van der Waals surface area contributed by atoms with E-state index in [1.54, 1.807) is 7.11 Å². The van der Waals surface area contributed by atoms with Gasteiger partial charge in [-0.3, -0.25) is 4.79 Å². The van der Waals surface area contributed by atoms with Crippen LogP contribution in [0, 0.1) is 6.92 Å². The van der Waals surface area contributed by atoms with Gasteiger partial charge in [0, 0.05) is 7.05 Å². The largest absolute Gasteiger partial charge is 0.481 e. The molecule has 2 rings (SSSR count). The highest BCUT2D eigenvalue weighted by Gasteiger charge is 2.39. The number of carbonyl (C=O) groups is 1. The summed E-state index contributed by atoms with van der Waals surface area (Å²) in [4.78, 5) is 21.8. The van der Waals surface area contributed by atoms with Gasteiger partial charge in [-0.2, -0.15) is 0 Å². The second kappa shape index (κ2) is 6.28. The fourth-order valence-corrected chi connectivity index (χ4v) is 3.32. The number of anilines is 1. The molecular weight excluding hydrogens is 270 g/mol. The molecule has 1 aliphatic carbocycles.